The van der Waals surface area contributed by atoms with Crippen LogP contribution in [0.1, 0.15) is 23.6 Å². The highest BCUT2D eigenvalue weighted by Crippen LogP contribution is 2.24. The number of ether oxygens (including phenoxy) is 2. The van der Waals surface area contributed by atoms with E-state index >= 15 is 0 Å². The minimum absolute atomic E-state index is 0.421. The molecule has 0 aliphatic carbocycles. The second-order valence-electron chi connectivity index (χ2n) is 5.12. The number of halogens is 1. The quantitative estimate of drug-likeness (QED) is 0.415. The molecule has 120 valence electrons. The summed E-state index contributed by atoms with van der Waals surface area (Å²) in [6, 6.07) is 11.2. The number of esters is 1. The maximum Gasteiger partial charge on any atom is 0.336 e. The van der Waals surface area contributed by atoms with Crippen molar-refractivity contribution in [3.05, 3.63) is 63.6 Å². The normalized spacial score (nSPS) is 10.8. The minimum Gasteiger partial charge on any atom is -0.493 e. The average molecular weight is 375 g/mol. The number of hydrogen-bond donors (Lipinski definition) is 0. The predicted octanol–water partition coefficient (Wildman–Crippen LogP) is 5.08. The van der Waals surface area contributed by atoms with E-state index in [1.165, 1.54) is 6.08 Å². The molecule has 0 N–H and O–H groups in total. The van der Waals surface area contributed by atoms with E-state index in [4.69, 9.17) is 9.47 Å². The van der Waals surface area contributed by atoms with Gasteiger partial charge in [-0.05, 0) is 68.3 Å². The zero-order chi connectivity index (χ0) is 16.8. The van der Waals surface area contributed by atoms with E-state index in [1.807, 2.05) is 51.1 Å². The van der Waals surface area contributed by atoms with E-state index < -0.39 is 5.97 Å². The third kappa shape index (κ3) is 4.96. The third-order valence-electron chi connectivity index (χ3n) is 3.37. The number of carbonyl (C=O) groups excluding carboxylic acids is 1. The molecule has 0 aliphatic rings. The summed E-state index contributed by atoms with van der Waals surface area (Å²) in [7, 11) is 0. The molecule has 0 heterocycles. The van der Waals surface area contributed by atoms with Crippen LogP contribution in [0.4, 0.5) is 0 Å². The number of hydrogen-bond acceptors (Lipinski definition) is 3. The Bertz CT molecular complexity index is 735. The van der Waals surface area contributed by atoms with Crippen molar-refractivity contribution in [2.75, 3.05) is 6.61 Å². The van der Waals surface area contributed by atoms with E-state index in [0.29, 0.717) is 12.4 Å². The first-order valence-corrected chi connectivity index (χ1v) is 8.18. The summed E-state index contributed by atoms with van der Waals surface area (Å²) in [6.07, 6.45) is 3.10. The highest BCUT2D eigenvalue weighted by atomic mass is 79.9. The lowest BCUT2D eigenvalue weighted by molar-refractivity contribution is -0.128. The van der Waals surface area contributed by atoms with Gasteiger partial charge < -0.3 is 9.47 Å². The van der Waals surface area contributed by atoms with Crippen molar-refractivity contribution in [1.82, 2.24) is 0 Å². The van der Waals surface area contributed by atoms with Crippen LogP contribution in [0, 0.1) is 13.8 Å². The summed E-state index contributed by atoms with van der Waals surface area (Å²) in [6.45, 7) is 6.49. The first-order chi connectivity index (χ1) is 11.0. The van der Waals surface area contributed by atoms with Crippen LogP contribution in [-0.4, -0.2) is 12.6 Å². The molecule has 2 aromatic carbocycles. The van der Waals surface area contributed by atoms with Crippen molar-refractivity contribution in [3.8, 4) is 11.5 Å². The molecule has 0 fully saturated rings. The Morgan fingerprint density at radius 2 is 1.91 bits per heavy atom. The smallest absolute Gasteiger partial charge is 0.336 e. The molecule has 0 aromatic heterocycles. The first kappa shape index (κ1) is 17.3. The molecule has 0 bridgehead atoms. The van der Waals surface area contributed by atoms with Gasteiger partial charge >= 0.3 is 5.97 Å². The zero-order valence-electron chi connectivity index (χ0n) is 13.4. The van der Waals surface area contributed by atoms with Crippen LogP contribution in [0.5, 0.6) is 11.5 Å². The van der Waals surface area contributed by atoms with Gasteiger partial charge in [-0.15, -0.1) is 0 Å². The largest absolute Gasteiger partial charge is 0.493 e. The Kier molecular flexibility index (Phi) is 5.99. The van der Waals surface area contributed by atoms with Gasteiger partial charge in [-0.25, -0.2) is 4.79 Å². The summed E-state index contributed by atoms with van der Waals surface area (Å²) in [5.74, 6) is 0.851. The van der Waals surface area contributed by atoms with Crippen LogP contribution in [0.2, 0.25) is 0 Å². The molecule has 0 atom stereocenters. The van der Waals surface area contributed by atoms with Gasteiger partial charge in [-0.3, -0.25) is 0 Å². The van der Waals surface area contributed by atoms with Crippen LogP contribution in [0.15, 0.2) is 46.9 Å². The zero-order valence-corrected chi connectivity index (χ0v) is 15.0. The fraction of sp³-hybridized carbons (Fsp3) is 0.211. The number of benzene rings is 2. The van der Waals surface area contributed by atoms with Crippen LogP contribution in [0.3, 0.4) is 0 Å². The molecule has 2 rings (SSSR count). The number of rotatable bonds is 5. The van der Waals surface area contributed by atoms with Crippen LogP contribution in [0.25, 0.3) is 6.08 Å². The molecule has 0 amide bonds. The van der Waals surface area contributed by atoms with E-state index in [-0.39, 0.29) is 0 Å². The number of carbonyl (C=O) groups is 1. The van der Waals surface area contributed by atoms with Crippen molar-refractivity contribution >= 4 is 28.0 Å². The SMILES string of the molecule is CCOc1ccc(Br)cc1/C=C/C(=O)Oc1ccc(C)c(C)c1. The lowest BCUT2D eigenvalue weighted by atomic mass is 10.1. The molecule has 4 heteroatoms. The molecule has 3 nitrogen and oxygen atoms in total. The van der Waals surface area contributed by atoms with E-state index in [1.54, 1.807) is 12.1 Å². The Hall–Kier alpha value is -2.07. The van der Waals surface area contributed by atoms with Crippen molar-refractivity contribution in [3.63, 3.8) is 0 Å². The monoisotopic (exact) mass is 374 g/mol. The molecular formula is C19H19BrO3. The van der Waals surface area contributed by atoms with Crippen molar-refractivity contribution in [2.45, 2.75) is 20.8 Å². The maximum atomic E-state index is 12.0. The van der Waals surface area contributed by atoms with Gasteiger partial charge in [0.2, 0.25) is 0 Å². The summed E-state index contributed by atoms with van der Waals surface area (Å²) in [5.41, 5.74) is 3.07. The minimum atomic E-state index is -0.421. The highest BCUT2D eigenvalue weighted by molar-refractivity contribution is 9.10. The second-order valence-corrected chi connectivity index (χ2v) is 6.03. The Balaban J connectivity index is 2.11. The van der Waals surface area contributed by atoms with Crippen molar-refractivity contribution in [1.29, 1.82) is 0 Å². The molecule has 0 unspecified atom stereocenters. The Labute approximate surface area is 145 Å². The average Bonchev–Trinajstić information content (AvgIpc) is 2.51. The third-order valence-corrected chi connectivity index (χ3v) is 3.86. The van der Waals surface area contributed by atoms with E-state index in [9.17, 15) is 4.79 Å². The molecule has 0 radical (unpaired) electrons. The summed E-state index contributed by atoms with van der Waals surface area (Å²) >= 11 is 3.42. The molecule has 0 saturated carbocycles. The van der Waals surface area contributed by atoms with Gasteiger partial charge in [0.25, 0.3) is 0 Å². The summed E-state index contributed by atoms with van der Waals surface area (Å²) in [4.78, 5) is 12.0. The van der Waals surface area contributed by atoms with Gasteiger partial charge in [0.15, 0.2) is 0 Å². The van der Waals surface area contributed by atoms with Gasteiger partial charge in [0.05, 0.1) is 6.61 Å². The molecule has 0 saturated heterocycles. The molecule has 0 spiro atoms. The van der Waals surface area contributed by atoms with Gasteiger partial charge in [-0.1, -0.05) is 22.0 Å². The van der Waals surface area contributed by atoms with E-state index in [0.717, 1.165) is 26.9 Å². The van der Waals surface area contributed by atoms with Gasteiger partial charge in [-0.2, -0.15) is 0 Å². The van der Waals surface area contributed by atoms with Crippen LogP contribution in [-0.2, 0) is 4.79 Å². The van der Waals surface area contributed by atoms with Crippen LogP contribution < -0.4 is 9.47 Å². The second kappa shape index (κ2) is 7.97. The fourth-order valence-electron chi connectivity index (χ4n) is 2.02. The molecule has 0 aliphatic heterocycles. The fourth-order valence-corrected chi connectivity index (χ4v) is 2.40. The summed E-state index contributed by atoms with van der Waals surface area (Å²) in [5, 5.41) is 0. The van der Waals surface area contributed by atoms with Crippen molar-refractivity contribution in [2.24, 2.45) is 0 Å². The van der Waals surface area contributed by atoms with Crippen molar-refractivity contribution < 1.29 is 14.3 Å². The lowest BCUT2D eigenvalue weighted by Gasteiger charge is -2.07. The van der Waals surface area contributed by atoms with E-state index in [2.05, 4.69) is 15.9 Å². The van der Waals surface area contributed by atoms with Gasteiger partial charge in [0.1, 0.15) is 11.5 Å². The van der Waals surface area contributed by atoms with Crippen LogP contribution >= 0.6 is 15.9 Å². The molecule has 23 heavy (non-hydrogen) atoms. The Morgan fingerprint density at radius 3 is 2.61 bits per heavy atom. The maximum absolute atomic E-state index is 12.0. The lowest BCUT2D eigenvalue weighted by Crippen LogP contribution is -2.04. The topological polar surface area (TPSA) is 35.5 Å². The molecular weight excluding hydrogens is 356 g/mol. The predicted molar refractivity (Wildman–Crippen MR) is 95.9 cm³/mol. The Morgan fingerprint density at radius 1 is 1.13 bits per heavy atom. The molecule has 2 aromatic rings. The summed E-state index contributed by atoms with van der Waals surface area (Å²) < 4.78 is 11.8. The standard InChI is InChI=1S/C19H19BrO3/c1-4-22-18-9-7-16(20)12-15(18)6-10-19(21)23-17-8-5-13(2)14(3)11-17/h5-12H,4H2,1-3H3/b10-6+. The number of aryl methyl sites for hydroxylation is 2. The highest BCUT2D eigenvalue weighted by Gasteiger charge is 2.05. The van der Waals surface area contributed by atoms with Gasteiger partial charge in [0, 0.05) is 16.1 Å². The first-order valence-electron chi connectivity index (χ1n) is 7.39.